The maximum Gasteiger partial charge on any atom is 0.320 e. The Hall–Kier alpha value is -1.33. The number of hydrogen-bond donors (Lipinski definition) is 2. The Labute approximate surface area is 91.8 Å². The summed E-state index contributed by atoms with van der Waals surface area (Å²) < 4.78 is 4.90. The van der Waals surface area contributed by atoms with E-state index in [0.29, 0.717) is 10.6 Å². The van der Waals surface area contributed by atoms with Gasteiger partial charge in [-0.15, -0.1) is 0 Å². The summed E-state index contributed by atoms with van der Waals surface area (Å²) >= 11 is 5.92. The van der Waals surface area contributed by atoms with E-state index in [4.69, 9.17) is 27.2 Å². The molecule has 0 aliphatic carbocycles. The second kappa shape index (κ2) is 4.95. The van der Waals surface area contributed by atoms with E-state index in [0.717, 1.165) is 0 Å². The molecule has 0 amide bonds. The van der Waals surface area contributed by atoms with Crippen LogP contribution >= 0.6 is 11.6 Å². The third-order valence-corrected chi connectivity index (χ3v) is 2.29. The molecular formula is C9H11ClN2O3. The largest absolute Gasteiger partial charge is 0.480 e. The van der Waals surface area contributed by atoms with E-state index in [2.05, 4.69) is 4.98 Å². The van der Waals surface area contributed by atoms with Crippen LogP contribution in [0.3, 0.4) is 0 Å². The van der Waals surface area contributed by atoms with Gasteiger partial charge < -0.3 is 15.6 Å². The van der Waals surface area contributed by atoms with Gasteiger partial charge in [0.25, 0.3) is 0 Å². The summed E-state index contributed by atoms with van der Waals surface area (Å²) in [5, 5.41) is 8.95. The Kier molecular flexibility index (Phi) is 3.88. The molecule has 0 fully saturated rings. The van der Waals surface area contributed by atoms with Crippen molar-refractivity contribution in [3.05, 3.63) is 22.8 Å². The highest BCUT2D eigenvalue weighted by molar-refractivity contribution is 6.32. The normalized spacial score (nSPS) is 12.2. The molecule has 0 bridgehead atoms. The van der Waals surface area contributed by atoms with Gasteiger partial charge in [-0.1, -0.05) is 11.6 Å². The summed E-state index contributed by atoms with van der Waals surface area (Å²) in [5.74, 6) is -0.798. The minimum atomic E-state index is -1.07. The SMILES string of the molecule is COc1nccc(CC(N)C(=O)O)c1Cl. The first kappa shape index (κ1) is 11.7. The van der Waals surface area contributed by atoms with E-state index in [1.807, 2.05) is 0 Å². The number of nitrogens with two attached hydrogens (primary N) is 1. The van der Waals surface area contributed by atoms with Gasteiger partial charge in [0.1, 0.15) is 11.1 Å². The Morgan fingerprint density at radius 3 is 3.00 bits per heavy atom. The number of halogens is 1. The molecular weight excluding hydrogens is 220 g/mol. The van der Waals surface area contributed by atoms with Crippen molar-refractivity contribution < 1.29 is 14.6 Å². The Morgan fingerprint density at radius 1 is 1.80 bits per heavy atom. The summed E-state index contributed by atoms with van der Waals surface area (Å²) in [6.45, 7) is 0. The molecule has 1 atom stereocenters. The number of nitrogens with zero attached hydrogens (tertiary/aromatic N) is 1. The monoisotopic (exact) mass is 230 g/mol. The second-order valence-electron chi connectivity index (χ2n) is 2.94. The number of aliphatic carboxylic acids is 1. The predicted molar refractivity (Wildman–Crippen MR) is 55.1 cm³/mol. The molecule has 0 aliphatic rings. The highest BCUT2D eigenvalue weighted by atomic mass is 35.5. The maximum atomic E-state index is 10.6. The molecule has 1 heterocycles. The molecule has 6 heteroatoms. The topological polar surface area (TPSA) is 85.4 Å². The van der Waals surface area contributed by atoms with Gasteiger partial charge in [-0.3, -0.25) is 4.79 Å². The standard InChI is InChI=1S/C9H11ClN2O3/c1-15-8-7(10)5(2-3-12-8)4-6(11)9(13)14/h2-3,6H,4,11H2,1H3,(H,13,14). The first-order chi connectivity index (χ1) is 7.06. The van der Waals surface area contributed by atoms with E-state index in [9.17, 15) is 4.79 Å². The number of pyridine rings is 1. The molecule has 0 saturated carbocycles. The minimum absolute atomic E-state index is 0.146. The molecule has 0 aliphatic heterocycles. The Morgan fingerprint density at radius 2 is 2.47 bits per heavy atom. The lowest BCUT2D eigenvalue weighted by molar-refractivity contribution is -0.138. The van der Waals surface area contributed by atoms with Crippen molar-refractivity contribution in [1.29, 1.82) is 0 Å². The third kappa shape index (κ3) is 2.81. The van der Waals surface area contributed by atoms with Crippen molar-refractivity contribution in [2.75, 3.05) is 7.11 Å². The first-order valence-corrected chi connectivity index (χ1v) is 4.59. The number of rotatable bonds is 4. The van der Waals surface area contributed by atoms with E-state index in [1.165, 1.54) is 13.3 Å². The van der Waals surface area contributed by atoms with Gasteiger partial charge >= 0.3 is 5.97 Å². The van der Waals surface area contributed by atoms with Gasteiger partial charge in [0.05, 0.1) is 7.11 Å². The van der Waals surface area contributed by atoms with E-state index in [1.54, 1.807) is 6.07 Å². The zero-order chi connectivity index (χ0) is 11.4. The number of methoxy groups -OCH3 is 1. The van der Waals surface area contributed by atoms with E-state index < -0.39 is 12.0 Å². The molecule has 1 unspecified atom stereocenters. The van der Waals surface area contributed by atoms with Crippen LogP contribution in [-0.4, -0.2) is 29.2 Å². The van der Waals surface area contributed by atoms with Gasteiger partial charge in [-0.25, -0.2) is 4.98 Å². The van der Waals surface area contributed by atoms with Crippen LogP contribution in [0.4, 0.5) is 0 Å². The van der Waals surface area contributed by atoms with Crippen molar-refractivity contribution in [3.63, 3.8) is 0 Å². The summed E-state index contributed by atoms with van der Waals surface area (Å²) in [5.41, 5.74) is 6.00. The molecule has 5 nitrogen and oxygen atoms in total. The summed E-state index contributed by atoms with van der Waals surface area (Å²) in [6, 6.07) is 0.641. The number of ether oxygens (including phenoxy) is 1. The zero-order valence-electron chi connectivity index (χ0n) is 8.11. The van der Waals surface area contributed by atoms with Gasteiger partial charge in [-0.2, -0.15) is 0 Å². The molecule has 15 heavy (non-hydrogen) atoms. The Bertz CT molecular complexity index is 370. The number of carbonyl (C=O) groups is 1. The number of aromatic nitrogens is 1. The quantitative estimate of drug-likeness (QED) is 0.795. The summed E-state index contributed by atoms with van der Waals surface area (Å²) in [6.07, 6.45) is 1.64. The molecule has 0 aromatic carbocycles. The molecule has 1 aromatic heterocycles. The molecule has 82 valence electrons. The summed E-state index contributed by atoms with van der Waals surface area (Å²) in [7, 11) is 1.44. The number of carboxylic acids is 1. The average Bonchev–Trinajstić information content (AvgIpc) is 2.21. The van der Waals surface area contributed by atoms with Crippen LogP contribution in [0.2, 0.25) is 5.02 Å². The van der Waals surface area contributed by atoms with Crippen molar-refractivity contribution in [1.82, 2.24) is 4.98 Å². The Balaban J connectivity index is 2.90. The van der Waals surface area contributed by atoms with Gasteiger partial charge in [0, 0.05) is 6.20 Å². The van der Waals surface area contributed by atoms with Crippen LogP contribution in [0, 0.1) is 0 Å². The highest BCUT2D eigenvalue weighted by Crippen LogP contribution is 2.25. The van der Waals surface area contributed by atoms with Crippen LogP contribution in [0.5, 0.6) is 5.88 Å². The first-order valence-electron chi connectivity index (χ1n) is 4.22. The van der Waals surface area contributed by atoms with Gasteiger partial charge in [-0.05, 0) is 18.1 Å². The molecule has 3 N–H and O–H groups in total. The smallest absolute Gasteiger partial charge is 0.320 e. The van der Waals surface area contributed by atoms with Gasteiger partial charge in [0.2, 0.25) is 5.88 Å². The van der Waals surface area contributed by atoms with Crippen LogP contribution in [0.1, 0.15) is 5.56 Å². The van der Waals surface area contributed by atoms with Crippen LogP contribution in [-0.2, 0) is 11.2 Å². The van der Waals surface area contributed by atoms with Crippen molar-refractivity contribution in [2.45, 2.75) is 12.5 Å². The van der Waals surface area contributed by atoms with Gasteiger partial charge in [0.15, 0.2) is 0 Å². The van der Waals surface area contributed by atoms with Crippen LogP contribution in [0.15, 0.2) is 12.3 Å². The van der Waals surface area contributed by atoms with Crippen LogP contribution < -0.4 is 10.5 Å². The fraction of sp³-hybridized carbons (Fsp3) is 0.333. The molecule has 1 aromatic rings. The fourth-order valence-corrected chi connectivity index (χ4v) is 1.35. The zero-order valence-corrected chi connectivity index (χ0v) is 8.86. The predicted octanol–water partition coefficient (Wildman–Crippen LogP) is 0.698. The number of carboxylic acid groups (broad SMARTS) is 1. The lowest BCUT2D eigenvalue weighted by atomic mass is 10.1. The van der Waals surface area contributed by atoms with E-state index in [-0.39, 0.29) is 12.3 Å². The second-order valence-corrected chi connectivity index (χ2v) is 3.32. The fourth-order valence-electron chi connectivity index (χ4n) is 1.09. The van der Waals surface area contributed by atoms with E-state index >= 15 is 0 Å². The highest BCUT2D eigenvalue weighted by Gasteiger charge is 2.16. The van der Waals surface area contributed by atoms with Crippen molar-refractivity contribution >= 4 is 17.6 Å². The third-order valence-electron chi connectivity index (χ3n) is 1.89. The summed E-state index contributed by atoms with van der Waals surface area (Å²) in [4.78, 5) is 14.4. The minimum Gasteiger partial charge on any atom is -0.480 e. The molecule has 0 radical (unpaired) electrons. The lowest BCUT2D eigenvalue weighted by Gasteiger charge is -2.09. The number of hydrogen-bond acceptors (Lipinski definition) is 4. The van der Waals surface area contributed by atoms with Crippen molar-refractivity contribution in [2.24, 2.45) is 5.73 Å². The average molecular weight is 231 g/mol. The van der Waals surface area contributed by atoms with Crippen LogP contribution in [0.25, 0.3) is 0 Å². The lowest BCUT2D eigenvalue weighted by Crippen LogP contribution is -2.32. The molecule has 0 spiro atoms. The maximum absolute atomic E-state index is 10.6. The molecule has 1 rings (SSSR count). The molecule has 0 saturated heterocycles. The van der Waals surface area contributed by atoms with Crippen molar-refractivity contribution in [3.8, 4) is 5.88 Å².